The number of anilines is 1. The lowest BCUT2D eigenvalue weighted by Crippen LogP contribution is -1.98. The summed E-state index contributed by atoms with van der Waals surface area (Å²) < 4.78 is 10.7. The van der Waals surface area contributed by atoms with Crippen LogP contribution in [-0.2, 0) is 0 Å². The number of rotatable bonds is 7. The summed E-state index contributed by atoms with van der Waals surface area (Å²) in [6.07, 6.45) is 1.56. The maximum absolute atomic E-state index is 10.6. The molecule has 0 aliphatic heterocycles. The van der Waals surface area contributed by atoms with Crippen LogP contribution < -0.4 is 14.9 Å². The van der Waals surface area contributed by atoms with Crippen molar-refractivity contribution in [2.75, 3.05) is 19.1 Å². The standard InChI is InChI=1S/C16H16ClN3O4/c1-3-24-15-9-11(8-14(17)16(15)23-2)10-18-19-12-4-6-13(7-5-12)20(21)22/h4-10,19H,3H2,1-2H3/b18-10+. The van der Waals surface area contributed by atoms with Crippen molar-refractivity contribution in [1.29, 1.82) is 0 Å². The van der Waals surface area contributed by atoms with Crippen molar-refractivity contribution in [3.63, 3.8) is 0 Å². The number of hydrogen-bond donors (Lipinski definition) is 1. The highest BCUT2D eigenvalue weighted by Gasteiger charge is 2.10. The van der Waals surface area contributed by atoms with Gasteiger partial charge < -0.3 is 9.47 Å². The molecule has 2 aromatic rings. The van der Waals surface area contributed by atoms with E-state index in [0.717, 1.165) is 5.56 Å². The van der Waals surface area contributed by atoms with Crippen molar-refractivity contribution >= 4 is 29.2 Å². The van der Waals surface area contributed by atoms with Gasteiger partial charge in [0.05, 0.1) is 35.6 Å². The molecule has 8 heteroatoms. The molecule has 24 heavy (non-hydrogen) atoms. The van der Waals surface area contributed by atoms with E-state index >= 15 is 0 Å². The van der Waals surface area contributed by atoms with Gasteiger partial charge in [-0.25, -0.2) is 0 Å². The van der Waals surface area contributed by atoms with E-state index in [-0.39, 0.29) is 5.69 Å². The minimum Gasteiger partial charge on any atom is -0.491 e. The second kappa shape index (κ2) is 8.16. The van der Waals surface area contributed by atoms with Gasteiger partial charge in [-0.1, -0.05) is 11.6 Å². The number of methoxy groups -OCH3 is 1. The number of hydrazone groups is 1. The molecule has 0 radical (unpaired) electrons. The van der Waals surface area contributed by atoms with Crippen molar-refractivity contribution in [1.82, 2.24) is 0 Å². The molecule has 0 bridgehead atoms. The zero-order valence-corrected chi connectivity index (χ0v) is 13.9. The summed E-state index contributed by atoms with van der Waals surface area (Å²) in [6.45, 7) is 2.35. The van der Waals surface area contributed by atoms with Crippen molar-refractivity contribution < 1.29 is 14.4 Å². The Labute approximate surface area is 144 Å². The Morgan fingerprint density at radius 3 is 2.62 bits per heavy atom. The fourth-order valence-corrected chi connectivity index (χ4v) is 2.26. The van der Waals surface area contributed by atoms with Crippen LogP contribution in [-0.4, -0.2) is 24.9 Å². The highest BCUT2D eigenvalue weighted by atomic mass is 35.5. The average Bonchev–Trinajstić information content (AvgIpc) is 2.55. The molecule has 0 spiro atoms. The van der Waals surface area contributed by atoms with E-state index < -0.39 is 4.92 Å². The van der Waals surface area contributed by atoms with Crippen LogP contribution in [0.1, 0.15) is 12.5 Å². The lowest BCUT2D eigenvalue weighted by molar-refractivity contribution is -0.384. The highest BCUT2D eigenvalue weighted by molar-refractivity contribution is 6.32. The fraction of sp³-hybridized carbons (Fsp3) is 0.188. The Hall–Kier alpha value is -2.80. The summed E-state index contributed by atoms with van der Waals surface area (Å²) in [5.74, 6) is 1.00. The number of benzene rings is 2. The minimum absolute atomic E-state index is 0.0211. The third-order valence-electron chi connectivity index (χ3n) is 3.02. The fourth-order valence-electron chi connectivity index (χ4n) is 1.96. The number of nitrogens with zero attached hydrogens (tertiary/aromatic N) is 2. The van der Waals surface area contributed by atoms with Crippen molar-refractivity contribution in [2.45, 2.75) is 6.92 Å². The molecule has 1 N–H and O–H groups in total. The topological polar surface area (TPSA) is 86.0 Å². The zero-order valence-electron chi connectivity index (χ0n) is 13.2. The number of halogens is 1. The van der Waals surface area contributed by atoms with Gasteiger partial charge in [0.1, 0.15) is 0 Å². The molecule has 0 amide bonds. The summed E-state index contributed by atoms with van der Waals surface area (Å²) in [5, 5.41) is 15.1. The number of nitrogens with one attached hydrogen (secondary N) is 1. The first kappa shape index (κ1) is 17.6. The summed E-state index contributed by atoms with van der Waals surface area (Å²) in [5.41, 5.74) is 4.16. The minimum atomic E-state index is -0.457. The summed E-state index contributed by atoms with van der Waals surface area (Å²) in [6, 6.07) is 9.40. The Balaban J connectivity index is 2.12. The first-order chi connectivity index (χ1) is 11.5. The van der Waals surface area contributed by atoms with Crippen LogP contribution >= 0.6 is 11.6 Å². The van der Waals surface area contributed by atoms with Gasteiger partial charge in [0.25, 0.3) is 5.69 Å². The summed E-state index contributed by atoms with van der Waals surface area (Å²) >= 11 is 6.16. The van der Waals surface area contributed by atoms with Crippen LogP contribution in [0.3, 0.4) is 0 Å². The van der Waals surface area contributed by atoms with E-state index in [4.69, 9.17) is 21.1 Å². The second-order valence-corrected chi connectivity index (χ2v) is 5.05. The number of hydrogen-bond acceptors (Lipinski definition) is 6. The predicted molar refractivity (Wildman–Crippen MR) is 93.5 cm³/mol. The predicted octanol–water partition coefficient (Wildman–Crippen LogP) is 4.10. The molecular weight excluding hydrogens is 334 g/mol. The Kier molecular flexibility index (Phi) is 5.97. The van der Waals surface area contributed by atoms with Gasteiger partial charge >= 0.3 is 0 Å². The molecule has 0 heterocycles. The van der Waals surface area contributed by atoms with Gasteiger partial charge in [-0.15, -0.1) is 0 Å². The Morgan fingerprint density at radius 1 is 1.33 bits per heavy atom. The third kappa shape index (κ3) is 4.36. The lowest BCUT2D eigenvalue weighted by atomic mass is 10.2. The van der Waals surface area contributed by atoms with Crippen LogP contribution in [0, 0.1) is 10.1 Å². The first-order valence-electron chi connectivity index (χ1n) is 7.09. The van der Waals surface area contributed by atoms with Gasteiger partial charge in [0, 0.05) is 12.1 Å². The molecule has 0 unspecified atom stereocenters. The molecule has 0 aliphatic rings. The van der Waals surface area contributed by atoms with Gasteiger partial charge in [-0.05, 0) is 36.8 Å². The monoisotopic (exact) mass is 349 g/mol. The third-order valence-corrected chi connectivity index (χ3v) is 3.30. The van der Waals surface area contributed by atoms with E-state index in [1.807, 2.05) is 6.92 Å². The van der Waals surface area contributed by atoms with E-state index in [1.165, 1.54) is 19.2 Å². The van der Waals surface area contributed by atoms with Crippen molar-refractivity contribution in [2.24, 2.45) is 5.10 Å². The highest BCUT2D eigenvalue weighted by Crippen LogP contribution is 2.35. The number of nitro benzene ring substituents is 1. The maximum Gasteiger partial charge on any atom is 0.269 e. The largest absolute Gasteiger partial charge is 0.491 e. The number of non-ortho nitro benzene ring substituents is 1. The molecule has 0 saturated carbocycles. The second-order valence-electron chi connectivity index (χ2n) is 4.64. The average molecular weight is 350 g/mol. The molecule has 0 aromatic heterocycles. The van der Waals surface area contributed by atoms with Crippen LogP contribution in [0.5, 0.6) is 11.5 Å². The van der Waals surface area contributed by atoms with E-state index in [0.29, 0.717) is 28.8 Å². The van der Waals surface area contributed by atoms with E-state index in [1.54, 1.807) is 30.5 Å². The van der Waals surface area contributed by atoms with Gasteiger partial charge in [-0.3, -0.25) is 15.5 Å². The smallest absolute Gasteiger partial charge is 0.269 e. The van der Waals surface area contributed by atoms with E-state index in [2.05, 4.69) is 10.5 Å². The molecule has 126 valence electrons. The molecule has 2 aromatic carbocycles. The number of ether oxygens (including phenoxy) is 2. The Bertz CT molecular complexity index is 748. The van der Waals surface area contributed by atoms with E-state index in [9.17, 15) is 10.1 Å². The summed E-state index contributed by atoms with van der Waals surface area (Å²) in [7, 11) is 1.52. The lowest BCUT2D eigenvalue weighted by Gasteiger charge is -2.11. The molecule has 0 fully saturated rings. The van der Waals surface area contributed by atoms with Crippen molar-refractivity contribution in [3.05, 3.63) is 57.1 Å². The Morgan fingerprint density at radius 2 is 2.04 bits per heavy atom. The molecule has 2 rings (SSSR count). The van der Waals surface area contributed by atoms with Crippen LogP contribution in [0.2, 0.25) is 5.02 Å². The normalized spacial score (nSPS) is 10.6. The zero-order chi connectivity index (χ0) is 17.5. The van der Waals surface area contributed by atoms with Gasteiger partial charge in [-0.2, -0.15) is 5.10 Å². The van der Waals surface area contributed by atoms with Crippen LogP contribution in [0.15, 0.2) is 41.5 Å². The molecule has 0 aliphatic carbocycles. The molecule has 7 nitrogen and oxygen atoms in total. The molecule has 0 atom stereocenters. The van der Waals surface area contributed by atoms with Crippen LogP contribution in [0.25, 0.3) is 0 Å². The van der Waals surface area contributed by atoms with Gasteiger partial charge in [0.15, 0.2) is 11.5 Å². The first-order valence-corrected chi connectivity index (χ1v) is 7.46. The molecule has 0 saturated heterocycles. The van der Waals surface area contributed by atoms with Gasteiger partial charge in [0.2, 0.25) is 0 Å². The number of nitro groups is 1. The molecular formula is C16H16ClN3O4. The van der Waals surface area contributed by atoms with Crippen LogP contribution in [0.4, 0.5) is 11.4 Å². The van der Waals surface area contributed by atoms with Crippen molar-refractivity contribution in [3.8, 4) is 11.5 Å². The SMILES string of the molecule is CCOc1cc(/C=N/Nc2ccc([N+](=O)[O-])cc2)cc(Cl)c1OC. The quantitative estimate of drug-likeness (QED) is 0.462. The maximum atomic E-state index is 10.6. The summed E-state index contributed by atoms with van der Waals surface area (Å²) in [4.78, 5) is 10.1.